The Hall–Kier alpha value is -3.45. The monoisotopic (exact) mass is 561 g/mol. The molecule has 1 aromatic heterocycles. The van der Waals surface area contributed by atoms with E-state index in [1.165, 1.54) is 18.6 Å². The molecule has 2 amide bonds. The molecule has 220 valence electrons. The molecule has 0 N–H and O–H groups in total. The first-order valence-corrected chi connectivity index (χ1v) is 15.0. The summed E-state index contributed by atoms with van der Waals surface area (Å²) >= 11 is 0. The average Bonchev–Trinajstić information content (AvgIpc) is 3.42. The Bertz CT molecular complexity index is 1220. The van der Waals surface area contributed by atoms with Gasteiger partial charge in [-0.05, 0) is 60.6 Å². The number of aromatic nitrogens is 1. The van der Waals surface area contributed by atoms with Gasteiger partial charge in [0.05, 0.1) is 19.7 Å². The Morgan fingerprint density at radius 2 is 1.66 bits per heavy atom. The molecule has 0 bridgehead atoms. The predicted octanol–water partition coefficient (Wildman–Crippen LogP) is 6.43. The van der Waals surface area contributed by atoms with Crippen molar-refractivity contribution in [3.8, 4) is 0 Å². The standard InChI is InChI=1S/C34H44FN3O3/c1-27(2)19-21-37(34(40)26-41-25-29-10-5-3-6-11-29)24-33(39)38(31-12-7-4-8-13-31)23-32-14-9-20-36(32)22-28-15-17-30(35)18-16-28/h3,5-6,9-11,14-18,20,27,31H,4,7-8,12-13,19,21-26H2,1-2H3. The Morgan fingerprint density at radius 1 is 0.927 bits per heavy atom. The molecular formula is C34H44FN3O3. The molecule has 7 heteroatoms. The van der Waals surface area contributed by atoms with Gasteiger partial charge in [-0.25, -0.2) is 4.39 Å². The molecule has 0 aliphatic heterocycles. The largest absolute Gasteiger partial charge is 0.367 e. The minimum absolute atomic E-state index is 0.0217. The smallest absolute Gasteiger partial charge is 0.249 e. The van der Waals surface area contributed by atoms with Crippen molar-refractivity contribution < 1.29 is 18.7 Å². The van der Waals surface area contributed by atoms with Gasteiger partial charge in [-0.15, -0.1) is 0 Å². The fourth-order valence-corrected chi connectivity index (χ4v) is 5.40. The van der Waals surface area contributed by atoms with Crippen LogP contribution in [0.3, 0.4) is 0 Å². The van der Waals surface area contributed by atoms with Crippen LogP contribution in [0.25, 0.3) is 0 Å². The van der Waals surface area contributed by atoms with Gasteiger partial charge >= 0.3 is 0 Å². The summed E-state index contributed by atoms with van der Waals surface area (Å²) < 4.78 is 21.3. The van der Waals surface area contributed by atoms with E-state index in [1.54, 1.807) is 17.0 Å². The second-order valence-electron chi connectivity index (χ2n) is 11.5. The van der Waals surface area contributed by atoms with Crippen LogP contribution in [0.1, 0.15) is 69.2 Å². The molecule has 0 saturated heterocycles. The normalized spacial score (nSPS) is 13.9. The van der Waals surface area contributed by atoms with E-state index in [-0.39, 0.29) is 36.8 Å². The zero-order chi connectivity index (χ0) is 29.0. The number of hydrogen-bond acceptors (Lipinski definition) is 3. The fraction of sp³-hybridized carbons (Fsp3) is 0.471. The Kier molecular flexibility index (Phi) is 11.6. The van der Waals surface area contributed by atoms with Gasteiger partial charge in [0.25, 0.3) is 0 Å². The molecular weight excluding hydrogens is 517 g/mol. The van der Waals surface area contributed by atoms with E-state index in [4.69, 9.17) is 4.74 Å². The summed E-state index contributed by atoms with van der Waals surface area (Å²) in [5.74, 6) is -0.0165. The first-order valence-electron chi connectivity index (χ1n) is 15.0. The van der Waals surface area contributed by atoms with Gasteiger partial charge < -0.3 is 19.1 Å². The van der Waals surface area contributed by atoms with Crippen molar-refractivity contribution in [1.29, 1.82) is 0 Å². The lowest BCUT2D eigenvalue weighted by atomic mass is 9.94. The van der Waals surface area contributed by atoms with Crippen molar-refractivity contribution in [2.45, 2.75) is 78.1 Å². The first kappa shape index (κ1) is 30.5. The topological polar surface area (TPSA) is 54.8 Å². The Morgan fingerprint density at radius 3 is 2.37 bits per heavy atom. The molecule has 1 aliphatic carbocycles. The van der Waals surface area contributed by atoms with E-state index in [0.29, 0.717) is 32.2 Å². The molecule has 6 nitrogen and oxygen atoms in total. The van der Waals surface area contributed by atoms with E-state index in [9.17, 15) is 14.0 Å². The first-order chi connectivity index (χ1) is 19.9. The summed E-state index contributed by atoms with van der Waals surface area (Å²) in [7, 11) is 0. The van der Waals surface area contributed by atoms with Crippen LogP contribution in [-0.4, -0.2) is 51.9 Å². The average molecular weight is 562 g/mol. The maximum atomic E-state index is 14.0. The summed E-state index contributed by atoms with van der Waals surface area (Å²) in [5.41, 5.74) is 3.04. The summed E-state index contributed by atoms with van der Waals surface area (Å²) in [4.78, 5) is 30.9. The Balaban J connectivity index is 1.46. The van der Waals surface area contributed by atoms with Crippen LogP contribution in [0.2, 0.25) is 0 Å². The third-order valence-electron chi connectivity index (χ3n) is 7.85. The SMILES string of the molecule is CC(C)CCN(CC(=O)N(Cc1cccn1Cc1ccc(F)cc1)C1CCCCC1)C(=O)COCc1ccccc1. The van der Waals surface area contributed by atoms with Crippen LogP contribution in [0.5, 0.6) is 0 Å². The van der Waals surface area contributed by atoms with Crippen LogP contribution in [-0.2, 0) is 34.0 Å². The summed E-state index contributed by atoms with van der Waals surface area (Å²) in [6.45, 7) is 6.22. The van der Waals surface area contributed by atoms with Crippen LogP contribution in [0.4, 0.5) is 4.39 Å². The number of ether oxygens (including phenoxy) is 1. The summed E-state index contributed by atoms with van der Waals surface area (Å²) in [6.07, 6.45) is 8.18. The molecule has 2 aromatic carbocycles. The van der Waals surface area contributed by atoms with Crippen molar-refractivity contribution in [2.75, 3.05) is 19.7 Å². The van der Waals surface area contributed by atoms with E-state index in [0.717, 1.165) is 48.9 Å². The zero-order valence-electron chi connectivity index (χ0n) is 24.5. The summed E-state index contributed by atoms with van der Waals surface area (Å²) in [6, 6.07) is 20.5. The minimum atomic E-state index is -0.252. The van der Waals surface area contributed by atoms with E-state index >= 15 is 0 Å². The zero-order valence-corrected chi connectivity index (χ0v) is 24.5. The number of hydrogen-bond donors (Lipinski definition) is 0. The van der Waals surface area contributed by atoms with Crippen molar-refractivity contribution in [3.05, 3.63) is 95.6 Å². The lowest BCUT2D eigenvalue weighted by molar-refractivity contribution is -0.145. The van der Waals surface area contributed by atoms with Gasteiger partial charge in [-0.1, -0.05) is 75.6 Å². The molecule has 0 radical (unpaired) electrons. The third-order valence-corrected chi connectivity index (χ3v) is 7.85. The van der Waals surface area contributed by atoms with E-state index in [1.807, 2.05) is 53.6 Å². The molecule has 3 aromatic rings. The number of carbonyl (C=O) groups excluding carboxylic acids is 2. The fourth-order valence-electron chi connectivity index (χ4n) is 5.40. The molecule has 1 aliphatic rings. The van der Waals surface area contributed by atoms with Crippen LogP contribution in [0, 0.1) is 11.7 Å². The number of rotatable bonds is 14. The maximum Gasteiger partial charge on any atom is 0.249 e. The molecule has 1 fully saturated rings. The highest BCUT2D eigenvalue weighted by molar-refractivity contribution is 5.85. The van der Waals surface area contributed by atoms with Crippen LogP contribution < -0.4 is 0 Å². The van der Waals surface area contributed by atoms with Gasteiger partial charge in [0, 0.05) is 31.0 Å². The lowest BCUT2D eigenvalue weighted by Gasteiger charge is -2.36. The number of nitrogens with zero attached hydrogens (tertiary/aromatic N) is 3. The number of halogens is 1. The third kappa shape index (κ3) is 9.56. The van der Waals surface area contributed by atoms with Gasteiger partial charge in [0.1, 0.15) is 12.4 Å². The molecule has 4 rings (SSSR count). The van der Waals surface area contributed by atoms with Crippen molar-refractivity contribution in [3.63, 3.8) is 0 Å². The predicted molar refractivity (Wildman–Crippen MR) is 159 cm³/mol. The van der Waals surface area contributed by atoms with Crippen LogP contribution >= 0.6 is 0 Å². The Labute approximate surface area is 244 Å². The molecule has 0 unspecified atom stereocenters. The molecule has 1 heterocycles. The number of carbonyl (C=O) groups is 2. The highest BCUT2D eigenvalue weighted by atomic mass is 19.1. The van der Waals surface area contributed by atoms with Gasteiger partial charge in [0.2, 0.25) is 11.8 Å². The molecule has 1 saturated carbocycles. The van der Waals surface area contributed by atoms with Crippen molar-refractivity contribution >= 4 is 11.8 Å². The van der Waals surface area contributed by atoms with Gasteiger partial charge in [0.15, 0.2) is 0 Å². The second kappa shape index (κ2) is 15.5. The second-order valence-corrected chi connectivity index (χ2v) is 11.5. The summed E-state index contributed by atoms with van der Waals surface area (Å²) in [5, 5.41) is 0. The number of amides is 2. The minimum Gasteiger partial charge on any atom is -0.367 e. The molecule has 41 heavy (non-hydrogen) atoms. The highest BCUT2D eigenvalue weighted by Crippen LogP contribution is 2.25. The number of benzene rings is 2. The molecule has 0 atom stereocenters. The van der Waals surface area contributed by atoms with E-state index in [2.05, 4.69) is 18.4 Å². The highest BCUT2D eigenvalue weighted by Gasteiger charge is 2.29. The maximum absolute atomic E-state index is 14.0. The van der Waals surface area contributed by atoms with E-state index < -0.39 is 0 Å². The lowest BCUT2D eigenvalue weighted by Crippen LogP contribution is -2.48. The van der Waals surface area contributed by atoms with Crippen LogP contribution in [0.15, 0.2) is 72.9 Å². The van der Waals surface area contributed by atoms with Gasteiger partial charge in [-0.2, -0.15) is 0 Å². The quantitative estimate of drug-likeness (QED) is 0.228. The van der Waals surface area contributed by atoms with Crippen molar-refractivity contribution in [1.82, 2.24) is 14.4 Å². The van der Waals surface area contributed by atoms with Gasteiger partial charge in [-0.3, -0.25) is 9.59 Å². The molecule has 0 spiro atoms. The van der Waals surface area contributed by atoms with Crippen molar-refractivity contribution in [2.24, 2.45) is 5.92 Å².